The molecule has 10 heteroatoms. The van der Waals surface area contributed by atoms with Gasteiger partial charge in [-0.05, 0) is 49.9 Å². The second-order valence-electron chi connectivity index (χ2n) is 7.55. The van der Waals surface area contributed by atoms with Crippen molar-refractivity contribution in [2.24, 2.45) is 0 Å². The third kappa shape index (κ3) is 5.97. The van der Waals surface area contributed by atoms with Gasteiger partial charge in [-0.15, -0.1) is 0 Å². The van der Waals surface area contributed by atoms with Gasteiger partial charge in [0.1, 0.15) is 18.4 Å². The maximum absolute atomic E-state index is 12.9. The predicted molar refractivity (Wildman–Crippen MR) is 124 cm³/mol. The van der Waals surface area contributed by atoms with Crippen LogP contribution in [0, 0.1) is 30.9 Å². The van der Waals surface area contributed by atoms with Gasteiger partial charge < -0.3 is 10.1 Å². The van der Waals surface area contributed by atoms with E-state index < -0.39 is 26.9 Å². The number of ether oxygens (including phenoxy) is 1. The number of hydrogen-bond acceptors (Lipinski definition) is 6. The largest absolute Gasteiger partial charge is 0.491 e. The average molecular weight is 464 g/mol. The number of nitrogens with zero attached hydrogens (tertiary/aromatic N) is 2. The Bertz CT molecular complexity index is 1100. The van der Waals surface area contributed by atoms with Crippen LogP contribution in [0.5, 0.6) is 5.75 Å². The van der Waals surface area contributed by atoms with E-state index in [9.17, 15) is 23.3 Å². The van der Waals surface area contributed by atoms with Crippen molar-refractivity contribution in [2.45, 2.75) is 40.2 Å². The minimum atomic E-state index is -3.90. The number of benzene rings is 2. The molecule has 0 aromatic heterocycles. The molecule has 0 radical (unpaired) electrons. The SMILES string of the molecule is CCC(C(=O)NCCOc1cccc(C)c1C)N(c1cc([N+](=O)[O-])ccc1C)S(C)(=O)=O. The smallest absolute Gasteiger partial charge is 0.271 e. The van der Waals surface area contributed by atoms with Gasteiger partial charge in [0.15, 0.2) is 0 Å². The minimum absolute atomic E-state index is 0.107. The number of rotatable bonds is 10. The van der Waals surface area contributed by atoms with Gasteiger partial charge in [0.25, 0.3) is 5.69 Å². The number of aryl methyl sites for hydroxylation is 2. The van der Waals surface area contributed by atoms with Crippen molar-refractivity contribution in [3.05, 3.63) is 63.2 Å². The summed E-state index contributed by atoms with van der Waals surface area (Å²) in [6.07, 6.45) is 1.16. The van der Waals surface area contributed by atoms with Gasteiger partial charge in [0.05, 0.1) is 23.4 Å². The molecule has 0 saturated heterocycles. The Kier molecular flexibility index (Phi) is 8.20. The van der Waals surface area contributed by atoms with E-state index in [2.05, 4.69) is 5.32 Å². The number of sulfonamides is 1. The van der Waals surface area contributed by atoms with Crippen molar-refractivity contribution >= 4 is 27.3 Å². The second-order valence-corrected chi connectivity index (χ2v) is 9.41. The molecular formula is C22H29N3O6S. The quantitative estimate of drug-likeness (QED) is 0.328. The Morgan fingerprint density at radius 3 is 2.47 bits per heavy atom. The fourth-order valence-corrected chi connectivity index (χ4v) is 4.58. The van der Waals surface area contributed by atoms with Crippen LogP contribution in [-0.2, 0) is 14.8 Å². The fraction of sp³-hybridized carbons (Fsp3) is 0.409. The maximum Gasteiger partial charge on any atom is 0.271 e. The highest BCUT2D eigenvalue weighted by molar-refractivity contribution is 7.92. The molecule has 32 heavy (non-hydrogen) atoms. The average Bonchev–Trinajstić information content (AvgIpc) is 2.71. The number of amides is 1. The summed E-state index contributed by atoms with van der Waals surface area (Å²) >= 11 is 0. The van der Waals surface area contributed by atoms with Crippen molar-refractivity contribution in [2.75, 3.05) is 23.7 Å². The van der Waals surface area contributed by atoms with Gasteiger partial charge in [-0.3, -0.25) is 19.2 Å². The van der Waals surface area contributed by atoms with Gasteiger partial charge in [-0.25, -0.2) is 8.42 Å². The van der Waals surface area contributed by atoms with E-state index >= 15 is 0 Å². The van der Waals surface area contributed by atoms with Crippen LogP contribution in [0.25, 0.3) is 0 Å². The summed E-state index contributed by atoms with van der Waals surface area (Å²) in [5.41, 5.74) is 2.46. The monoisotopic (exact) mass is 463 g/mol. The van der Waals surface area contributed by atoms with E-state index in [0.717, 1.165) is 27.4 Å². The number of nitro groups is 1. The summed E-state index contributed by atoms with van der Waals surface area (Å²) in [6, 6.07) is 8.58. The molecule has 0 bridgehead atoms. The zero-order valence-corrected chi connectivity index (χ0v) is 19.7. The van der Waals surface area contributed by atoms with Crippen molar-refractivity contribution in [1.82, 2.24) is 5.32 Å². The highest BCUT2D eigenvalue weighted by atomic mass is 32.2. The summed E-state index contributed by atoms with van der Waals surface area (Å²) in [6.45, 7) is 7.63. The lowest BCUT2D eigenvalue weighted by atomic mass is 10.1. The summed E-state index contributed by atoms with van der Waals surface area (Å²) in [4.78, 5) is 23.5. The topological polar surface area (TPSA) is 119 Å². The van der Waals surface area contributed by atoms with Crippen LogP contribution in [0.1, 0.15) is 30.0 Å². The lowest BCUT2D eigenvalue weighted by Crippen LogP contribution is -2.50. The number of nitrogens with one attached hydrogen (secondary N) is 1. The molecule has 174 valence electrons. The third-order valence-corrected chi connectivity index (χ3v) is 6.35. The number of nitro benzene ring substituents is 1. The minimum Gasteiger partial charge on any atom is -0.491 e. The molecule has 1 N–H and O–H groups in total. The van der Waals surface area contributed by atoms with E-state index in [-0.39, 0.29) is 30.9 Å². The molecule has 0 aliphatic heterocycles. The molecule has 0 heterocycles. The van der Waals surface area contributed by atoms with Gasteiger partial charge in [0.2, 0.25) is 15.9 Å². The Morgan fingerprint density at radius 2 is 1.88 bits per heavy atom. The lowest BCUT2D eigenvalue weighted by molar-refractivity contribution is -0.384. The first-order chi connectivity index (χ1) is 15.0. The van der Waals surface area contributed by atoms with E-state index in [1.807, 2.05) is 32.0 Å². The van der Waals surface area contributed by atoms with Crippen LogP contribution >= 0.6 is 0 Å². The summed E-state index contributed by atoms with van der Waals surface area (Å²) in [5, 5.41) is 13.9. The molecule has 0 spiro atoms. The van der Waals surface area contributed by atoms with Gasteiger partial charge in [-0.2, -0.15) is 0 Å². The van der Waals surface area contributed by atoms with E-state index in [0.29, 0.717) is 5.56 Å². The van der Waals surface area contributed by atoms with Crippen LogP contribution in [0.3, 0.4) is 0 Å². The predicted octanol–water partition coefficient (Wildman–Crippen LogP) is 3.26. The molecule has 2 rings (SSSR count). The zero-order valence-electron chi connectivity index (χ0n) is 18.9. The molecule has 0 aliphatic carbocycles. The molecule has 2 aromatic carbocycles. The molecule has 2 aromatic rings. The Hall–Kier alpha value is -3.14. The second kappa shape index (κ2) is 10.4. The third-order valence-electron chi connectivity index (χ3n) is 5.18. The standard InChI is InChI=1S/C22H29N3O6S/c1-6-19(22(26)23-12-13-31-21-9-7-8-15(2)17(21)4)24(32(5,29)30)20-14-18(25(27)28)11-10-16(20)3/h7-11,14,19H,6,12-13H2,1-5H3,(H,23,26). The molecule has 9 nitrogen and oxygen atoms in total. The Labute approximate surface area is 188 Å². The van der Waals surface area contributed by atoms with Crippen molar-refractivity contribution in [3.63, 3.8) is 0 Å². The lowest BCUT2D eigenvalue weighted by Gasteiger charge is -2.31. The van der Waals surface area contributed by atoms with Crippen LogP contribution in [0.15, 0.2) is 36.4 Å². The number of anilines is 1. The van der Waals surface area contributed by atoms with E-state index in [1.54, 1.807) is 13.8 Å². The highest BCUT2D eigenvalue weighted by Gasteiger charge is 2.33. The maximum atomic E-state index is 12.9. The Balaban J connectivity index is 2.19. The fourth-order valence-electron chi connectivity index (χ4n) is 3.32. The first-order valence-corrected chi connectivity index (χ1v) is 12.0. The summed E-state index contributed by atoms with van der Waals surface area (Å²) in [7, 11) is -3.90. The highest BCUT2D eigenvalue weighted by Crippen LogP contribution is 2.30. The van der Waals surface area contributed by atoms with Crippen molar-refractivity contribution in [1.29, 1.82) is 0 Å². The normalized spacial score (nSPS) is 12.2. The van der Waals surface area contributed by atoms with Crippen LogP contribution in [0.2, 0.25) is 0 Å². The van der Waals surface area contributed by atoms with Crippen molar-refractivity contribution < 1.29 is 22.9 Å². The van der Waals surface area contributed by atoms with Gasteiger partial charge >= 0.3 is 0 Å². The van der Waals surface area contributed by atoms with Crippen molar-refractivity contribution in [3.8, 4) is 5.75 Å². The number of carbonyl (C=O) groups is 1. The van der Waals surface area contributed by atoms with Crippen LogP contribution < -0.4 is 14.4 Å². The van der Waals surface area contributed by atoms with Gasteiger partial charge in [-0.1, -0.05) is 25.1 Å². The van der Waals surface area contributed by atoms with Gasteiger partial charge in [0, 0.05) is 12.1 Å². The molecular weight excluding hydrogens is 434 g/mol. The number of hydrogen-bond donors (Lipinski definition) is 1. The summed E-state index contributed by atoms with van der Waals surface area (Å²) < 4.78 is 31.9. The molecule has 0 aliphatic rings. The number of non-ortho nitro benzene ring substituents is 1. The van der Waals surface area contributed by atoms with Crippen LogP contribution in [0.4, 0.5) is 11.4 Å². The molecule has 1 amide bonds. The Morgan fingerprint density at radius 1 is 1.19 bits per heavy atom. The van der Waals surface area contributed by atoms with Crippen LogP contribution in [-0.4, -0.2) is 44.7 Å². The first kappa shape index (κ1) is 25.1. The zero-order chi connectivity index (χ0) is 24.1. The molecule has 1 atom stereocenters. The van der Waals surface area contributed by atoms with E-state index in [4.69, 9.17) is 4.74 Å². The number of carbonyl (C=O) groups excluding carboxylic acids is 1. The first-order valence-electron chi connectivity index (χ1n) is 10.2. The molecule has 1 unspecified atom stereocenters. The molecule has 0 saturated carbocycles. The van der Waals surface area contributed by atoms with E-state index in [1.165, 1.54) is 18.2 Å². The molecule has 0 fully saturated rings. The summed E-state index contributed by atoms with van der Waals surface area (Å²) in [5.74, 6) is 0.213.